The van der Waals surface area contributed by atoms with Crippen LogP contribution in [0.3, 0.4) is 0 Å². The van der Waals surface area contributed by atoms with Crippen molar-refractivity contribution < 1.29 is 4.79 Å². The van der Waals surface area contributed by atoms with Crippen molar-refractivity contribution in [3.63, 3.8) is 0 Å². The zero-order valence-electron chi connectivity index (χ0n) is 11.7. The van der Waals surface area contributed by atoms with Crippen LogP contribution < -0.4 is 11.1 Å². The van der Waals surface area contributed by atoms with E-state index in [0.717, 1.165) is 0 Å². The maximum absolute atomic E-state index is 12.1. The third-order valence-corrected chi connectivity index (χ3v) is 4.99. The smallest absolute Gasteiger partial charge is 0.256 e. The van der Waals surface area contributed by atoms with E-state index in [1.165, 1.54) is 0 Å². The molecule has 0 radical (unpaired) electrons. The summed E-state index contributed by atoms with van der Waals surface area (Å²) in [7, 11) is 0. The number of rotatable bonds is 3. The summed E-state index contributed by atoms with van der Waals surface area (Å²) in [4.78, 5) is 12.1. The topological polar surface area (TPSA) is 83.8 Å². The van der Waals surface area contributed by atoms with E-state index in [-0.39, 0.29) is 22.6 Å². The Labute approximate surface area is 108 Å². The lowest BCUT2D eigenvalue weighted by molar-refractivity contribution is 0.0950. The quantitative estimate of drug-likeness (QED) is 0.763. The second-order valence-corrected chi connectivity index (χ2v) is 6.31. The molecule has 1 aromatic rings. The Morgan fingerprint density at radius 3 is 2.33 bits per heavy atom. The molecule has 18 heavy (non-hydrogen) atoms. The van der Waals surface area contributed by atoms with Gasteiger partial charge in [0.25, 0.3) is 5.91 Å². The number of carbonyl (C=O) groups is 1. The van der Waals surface area contributed by atoms with Crippen LogP contribution in [0.4, 0.5) is 5.82 Å². The SMILES string of the molecule is Cc1[nH]nc(N)c1C(=O)NCC1C(C)(C)C1(C)C. The van der Waals surface area contributed by atoms with Gasteiger partial charge in [0.05, 0.1) is 0 Å². The first-order valence-corrected chi connectivity index (χ1v) is 6.28. The molecule has 1 aromatic heterocycles. The predicted molar refractivity (Wildman–Crippen MR) is 71.1 cm³/mol. The van der Waals surface area contributed by atoms with E-state index in [4.69, 9.17) is 5.73 Å². The fourth-order valence-electron chi connectivity index (χ4n) is 2.86. The van der Waals surface area contributed by atoms with E-state index >= 15 is 0 Å². The highest BCUT2D eigenvalue weighted by Crippen LogP contribution is 2.67. The summed E-state index contributed by atoms with van der Waals surface area (Å²) in [6, 6.07) is 0. The Balaban J connectivity index is 1.99. The second-order valence-electron chi connectivity index (χ2n) is 6.31. The van der Waals surface area contributed by atoms with Crippen molar-refractivity contribution in [1.29, 1.82) is 0 Å². The maximum atomic E-state index is 12.1. The third kappa shape index (κ3) is 1.69. The van der Waals surface area contributed by atoms with Crippen molar-refractivity contribution in [3.8, 4) is 0 Å². The van der Waals surface area contributed by atoms with Crippen molar-refractivity contribution in [2.75, 3.05) is 12.3 Å². The fourth-order valence-corrected chi connectivity index (χ4v) is 2.86. The molecule has 5 heteroatoms. The van der Waals surface area contributed by atoms with Crippen molar-refractivity contribution in [2.24, 2.45) is 16.7 Å². The van der Waals surface area contributed by atoms with E-state index in [0.29, 0.717) is 23.7 Å². The monoisotopic (exact) mass is 250 g/mol. The lowest BCUT2D eigenvalue weighted by Gasteiger charge is -2.06. The van der Waals surface area contributed by atoms with Crippen LogP contribution in [-0.2, 0) is 0 Å². The van der Waals surface area contributed by atoms with Crippen LogP contribution in [0.1, 0.15) is 43.7 Å². The van der Waals surface area contributed by atoms with Crippen LogP contribution in [0.25, 0.3) is 0 Å². The molecule has 4 N–H and O–H groups in total. The normalized spacial score (nSPS) is 20.7. The molecule has 1 amide bonds. The predicted octanol–water partition coefficient (Wildman–Crippen LogP) is 1.71. The molecule has 0 saturated heterocycles. The zero-order chi connectivity index (χ0) is 13.7. The van der Waals surface area contributed by atoms with Gasteiger partial charge in [0, 0.05) is 12.2 Å². The van der Waals surface area contributed by atoms with E-state index in [1.807, 2.05) is 0 Å². The minimum absolute atomic E-state index is 0.141. The molecular weight excluding hydrogens is 228 g/mol. The first-order chi connectivity index (χ1) is 8.19. The first kappa shape index (κ1) is 12.9. The lowest BCUT2D eigenvalue weighted by atomic mass is 10.0. The average Bonchev–Trinajstić information content (AvgIpc) is 2.54. The van der Waals surface area contributed by atoms with Crippen molar-refractivity contribution in [2.45, 2.75) is 34.6 Å². The van der Waals surface area contributed by atoms with Gasteiger partial charge < -0.3 is 11.1 Å². The number of nitrogens with two attached hydrogens (primary N) is 1. The largest absolute Gasteiger partial charge is 0.382 e. The number of H-pyrrole nitrogens is 1. The summed E-state index contributed by atoms with van der Waals surface area (Å²) < 4.78 is 0. The molecule has 1 saturated carbocycles. The first-order valence-electron chi connectivity index (χ1n) is 6.28. The van der Waals surface area contributed by atoms with Crippen LogP contribution in [0.15, 0.2) is 0 Å². The molecule has 0 aliphatic heterocycles. The number of aryl methyl sites for hydroxylation is 1. The average molecular weight is 250 g/mol. The lowest BCUT2D eigenvalue weighted by Crippen LogP contribution is -2.28. The maximum Gasteiger partial charge on any atom is 0.256 e. The van der Waals surface area contributed by atoms with Crippen molar-refractivity contribution >= 4 is 11.7 Å². The summed E-state index contributed by atoms with van der Waals surface area (Å²) in [6.45, 7) is 11.4. The van der Waals surface area contributed by atoms with E-state index < -0.39 is 0 Å². The van der Waals surface area contributed by atoms with Crippen LogP contribution in [0, 0.1) is 23.7 Å². The Hall–Kier alpha value is -1.52. The molecule has 1 heterocycles. The molecule has 100 valence electrons. The fraction of sp³-hybridized carbons (Fsp3) is 0.692. The summed E-state index contributed by atoms with van der Waals surface area (Å²) in [5.41, 5.74) is 7.39. The minimum atomic E-state index is -0.141. The number of anilines is 1. The van der Waals surface area contributed by atoms with Gasteiger partial charge >= 0.3 is 0 Å². The minimum Gasteiger partial charge on any atom is -0.382 e. The molecule has 0 spiro atoms. The highest BCUT2D eigenvalue weighted by molar-refractivity contribution is 5.99. The summed E-state index contributed by atoms with van der Waals surface area (Å²) >= 11 is 0. The second kappa shape index (κ2) is 3.73. The van der Waals surface area contributed by atoms with Crippen LogP contribution >= 0.6 is 0 Å². The number of carbonyl (C=O) groups excluding carboxylic acids is 1. The molecule has 5 nitrogen and oxygen atoms in total. The molecule has 0 aromatic carbocycles. The van der Waals surface area contributed by atoms with Crippen LogP contribution in [-0.4, -0.2) is 22.6 Å². The van der Waals surface area contributed by atoms with Crippen LogP contribution in [0.2, 0.25) is 0 Å². The van der Waals surface area contributed by atoms with Gasteiger partial charge in [-0.15, -0.1) is 0 Å². The number of nitrogens with zero attached hydrogens (tertiary/aromatic N) is 1. The van der Waals surface area contributed by atoms with Gasteiger partial charge in [-0.25, -0.2) is 0 Å². The van der Waals surface area contributed by atoms with Crippen molar-refractivity contribution in [3.05, 3.63) is 11.3 Å². The van der Waals surface area contributed by atoms with Gasteiger partial charge in [0.2, 0.25) is 0 Å². The number of hydrogen-bond acceptors (Lipinski definition) is 3. The Morgan fingerprint density at radius 2 is 1.94 bits per heavy atom. The van der Waals surface area contributed by atoms with E-state index in [9.17, 15) is 4.79 Å². The van der Waals surface area contributed by atoms with Crippen LogP contribution in [0.5, 0.6) is 0 Å². The standard InChI is InChI=1S/C13H22N4O/c1-7-9(10(14)17-16-7)11(18)15-6-8-12(2,3)13(8,4)5/h8H,6H2,1-5H3,(H,15,18)(H3,14,16,17). The van der Waals surface area contributed by atoms with E-state index in [1.54, 1.807) is 6.92 Å². The molecule has 0 unspecified atom stereocenters. The van der Waals surface area contributed by atoms with Gasteiger partial charge in [0.15, 0.2) is 5.82 Å². The highest BCUT2D eigenvalue weighted by Gasteiger charge is 2.64. The Morgan fingerprint density at radius 1 is 1.39 bits per heavy atom. The Kier molecular flexibility index (Phi) is 2.68. The number of amides is 1. The number of aromatic nitrogens is 2. The number of nitrogens with one attached hydrogen (secondary N) is 2. The van der Waals surface area contributed by atoms with Gasteiger partial charge in [-0.3, -0.25) is 9.89 Å². The third-order valence-electron chi connectivity index (χ3n) is 4.99. The van der Waals surface area contributed by atoms with Gasteiger partial charge in [-0.2, -0.15) is 5.10 Å². The number of aromatic amines is 1. The zero-order valence-corrected chi connectivity index (χ0v) is 11.7. The van der Waals surface area contributed by atoms with E-state index in [2.05, 4.69) is 43.2 Å². The summed E-state index contributed by atoms with van der Waals surface area (Å²) in [5.74, 6) is 0.624. The Bertz CT molecular complexity index is 454. The molecular formula is C13H22N4O. The van der Waals surface area contributed by atoms with Gasteiger partial charge in [-0.05, 0) is 23.7 Å². The summed E-state index contributed by atoms with van der Waals surface area (Å²) in [6.07, 6.45) is 0. The molecule has 1 aliphatic carbocycles. The highest BCUT2D eigenvalue weighted by atomic mass is 16.1. The number of nitrogen functional groups attached to an aromatic ring is 1. The molecule has 1 aliphatic rings. The number of hydrogen-bond donors (Lipinski definition) is 3. The van der Waals surface area contributed by atoms with Crippen molar-refractivity contribution in [1.82, 2.24) is 15.5 Å². The molecule has 1 fully saturated rings. The molecule has 0 atom stereocenters. The van der Waals surface area contributed by atoms with Gasteiger partial charge in [-0.1, -0.05) is 27.7 Å². The summed E-state index contributed by atoms with van der Waals surface area (Å²) in [5, 5.41) is 9.51. The molecule has 0 bridgehead atoms. The van der Waals surface area contributed by atoms with Gasteiger partial charge in [0.1, 0.15) is 5.56 Å². The molecule has 2 rings (SSSR count).